The SMILES string of the molecule is CC(=O)Nc1cc(S(=O)(=O)N2C[C@@H](N)[C@H](c3ccccc3)C2)ccc1C. The van der Waals surface area contributed by atoms with Gasteiger partial charge in [0.05, 0.1) is 4.90 Å². The summed E-state index contributed by atoms with van der Waals surface area (Å²) in [7, 11) is -3.69. The predicted molar refractivity (Wildman–Crippen MR) is 101 cm³/mol. The lowest BCUT2D eigenvalue weighted by molar-refractivity contribution is -0.114. The molecule has 0 spiro atoms. The van der Waals surface area contributed by atoms with Crippen molar-refractivity contribution in [2.24, 2.45) is 5.73 Å². The van der Waals surface area contributed by atoms with E-state index >= 15 is 0 Å². The third-order valence-corrected chi connectivity index (χ3v) is 6.54. The summed E-state index contributed by atoms with van der Waals surface area (Å²) in [5.74, 6) is -0.277. The number of hydrogen-bond donors (Lipinski definition) is 2. The molecule has 0 saturated carbocycles. The fraction of sp³-hybridized carbons (Fsp3) is 0.316. The van der Waals surface area contributed by atoms with Crippen molar-refractivity contribution in [3.63, 3.8) is 0 Å². The van der Waals surface area contributed by atoms with Gasteiger partial charge in [0.1, 0.15) is 0 Å². The van der Waals surface area contributed by atoms with Gasteiger partial charge in [0.25, 0.3) is 0 Å². The van der Waals surface area contributed by atoms with E-state index in [1.54, 1.807) is 12.1 Å². The van der Waals surface area contributed by atoms with E-state index in [4.69, 9.17) is 5.73 Å². The molecule has 26 heavy (non-hydrogen) atoms. The van der Waals surface area contributed by atoms with E-state index < -0.39 is 10.0 Å². The van der Waals surface area contributed by atoms with Gasteiger partial charge in [-0.25, -0.2) is 8.42 Å². The molecule has 138 valence electrons. The van der Waals surface area contributed by atoms with Crippen LogP contribution in [0.15, 0.2) is 53.4 Å². The molecule has 1 amide bonds. The lowest BCUT2D eigenvalue weighted by Crippen LogP contribution is -2.32. The molecule has 0 aromatic heterocycles. The number of carbonyl (C=O) groups is 1. The van der Waals surface area contributed by atoms with Crippen molar-refractivity contribution in [3.05, 3.63) is 59.7 Å². The molecule has 0 aliphatic carbocycles. The summed E-state index contributed by atoms with van der Waals surface area (Å²) >= 11 is 0. The van der Waals surface area contributed by atoms with Gasteiger partial charge in [-0.05, 0) is 30.2 Å². The fourth-order valence-corrected chi connectivity index (χ4v) is 4.81. The normalized spacial score (nSPS) is 20.9. The first-order valence-electron chi connectivity index (χ1n) is 8.48. The van der Waals surface area contributed by atoms with Crippen molar-refractivity contribution >= 4 is 21.6 Å². The molecule has 0 bridgehead atoms. The van der Waals surface area contributed by atoms with Gasteiger partial charge in [0, 0.05) is 37.7 Å². The first-order chi connectivity index (χ1) is 12.3. The predicted octanol–water partition coefficient (Wildman–Crippen LogP) is 2.07. The van der Waals surface area contributed by atoms with Crippen LogP contribution in [0, 0.1) is 6.92 Å². The van der Waals surface area contributed by atoms with E-state index in [-0.39, 0.29) is 29.3 Å². The number of aryl methyl sites for hydroxylation is 1. The summed E-state index contributed by atoms with van der Waals surface area (Å²) < 4.78 is 27.6. The van der Waals surface area contributed by atoms with Gasteiger partial charge in [0.15, 0.2) is 0 Å². The molecule has 6 nitrogen and oxygen atoms in total. The topological polar surface area (TPSA) is 92.5 Å². The standard InChI is InChI=1S/C19H23N3O3S/c1-13-8-9-16(10-19(13)21-14(2)23)26(24,25)22-11-17(18(20)12-22)15-6-4-3-5-7-15/h3-10,17-18H,11-12,20H2,1-2H3,(H,21,23)/t17-,18+/m0/s1. The monoisotopic (exact) mass is 373 g/mol. The Bertz CT molecular complexity index is 913. The van der Waals surface area contributed by atoms with Crippen molar-refractivity contribution in [3.8, 4) is 0 Å². The average Bonchev–Trinajstić information content (AvgIpc) is 3.00. The largest absolute Gasteiger partial charge is 0.326 e. The number of nitrogens with one attached hydrogen (secondary N) is 1. The van der Waals surface area contributed by atoms with E-state index in [2.05, 4.69) is 5.32 Å². The van der Waals surface area contributed by atoms with Crippen LogP contribution in [0.25, 0.3) is 0 Å². The fourth-order valence-electron chi connectivity index (χ4n) is 3.28. The minimum absolute atomic E-state index is 0.0359. The second kappa shape index (κ2) is 7.19. The molecule has 3 N–H and O–H groups in total. The Morgan fingerprint density at radius 3 is 2.50 bits per heavy atom. The molecule has 1 aliphatic rings. The Morgan fingerprint density at radius 2 is 1.85 bits per heavy atom. The molecule has 2 atom stereocenters. The summed E-state index contributed by atoms with van der Waals surface area (Å²) in [5, 5.41) is 2.67. The first kappa shape index (κ1) is 18.6. The van der Waals surface area contributed by atoms with Crippen LogP contribution in [-0.2, 0) is 14.8 Å². The second-order valence-corrected chi connectivity index (χ2v) is 8.60. The molecular formula is C19H23N3O3S. The van der Waals surface area contributed by atoms with Crippen molar-refractivity contribution < 1.29 is 13.2 Å². The van der Waals surface area contributed by atoms with E-state index in [1.807, 2.05) is 37.3 Å². The highest BCUT2D eigenvalue weighted by Gasteiger charge is 2.38. The zero-order chi connectivity index (χ0) is 18.9. The van der Waals surface area contributed by atoms with E-state index in [0.29, 0.717) is 12.2 Å². The highest BCUT2D eigenvalue weighted by molar-refractivity contribution is 7.89. The number of rotatable bonds is 4. The van der Waals surface area contributed by atoms with Crippen LogP contribution in [0.2, 0.25) is 0 Å². The van der Waals surface area contributed by atoms with Crippen molar-refractivity contribution in [2.75, 3.05) is 18.4 Å². The zero-order valence-corrected chi connectivity index (χ0v) is 15.7. The Morgan fingerprint density at radius 1 is 1.15 bits per heavy atom. The number of anilines is 1. The summed E-state index contributed by atoms with van der Waals surface area (Å²) in [6.07, 6.45) is 0. The third-order valence-electron chi connectivity index (χ3n) is 4.72. The van der Waals surface area contributed by atoms with Gasteiger partial charge in [-0.1, -0.05) is 36.4 Å². The summed E-state index contributed by atoms with van der Waals surface area (Å²) in [5.41, 5.74) is 8.58. The van der Waals surface area contributed by atoms with Crippen LogP contribution < -0.4 is 11.1 Å². The van der Waals surface area contributed by atoms with E-state index in [1.165, 1.54) is 17.3 Å². The molecule has 1 heterocycles. The lowest BCUT2D eigenvalue weighted by Gasteiger charge is -2.18. The van der Waals surface area contributed by atoms with Gasteiger partial charge >= 0.3 is 0 Å². The molecule has 1 aliphatic heterocycles. The van der Waals surface area contributed by atoms with Gasteiger partial charge in [0.2, 0.25) is 15.9 Å². The van der Waals surface area contributed by atoms with Crippen LogP contribution in [-0.4, -0.2) is 37.8 Å². The molecular weight excluding hydrogens is 350 g/mol. The Balaban J connectivity index is 1.88. The molecule has 2 aromatic rings. The van der Waals surface area contributed by atoms with Gasteiger partial charge in [-0.15, -0.1) is 0 Å². The maximum Gasteiger partial charge on any atom is 0.243 e. The van der Waals surface area contributed by atoms with Gasteiger partial charge < -0.3 is 11.1 Å². The second-order valence-electron chi connectivity index (χ2n) is 6.66. The lowest BCUT2D eigenvalue weighted by atomic mass is 9.95. The third kappa shape index (κ3) is 3.65. The number of amides is 1. The maximum absolute atomic E-state index is 13.1. The number of nitrogens with zero attached hydrogens (tertiary/aromatic N) is 1. The van der Waals surface area contributed by atoms with Crippen LogP contribution >= 0.6 is 0 Å². The minimum atomic E-state index is -3.69. The molecule has 2 aromatic carbocycles. The van der Waals surface area contributed by atoms with E-state index in [0.717, 1.165) is 11.1 Å². The Labute approximate surface area is 154 Å². The zero-order valence-electron chi connectivity index (χ0n) is 14.8. The summed E-state index contributed by atoms with van der Waals surface area (Å²) in [6, 6.07) is 14.2. The summed E-state index contributed by atoms with van der Waals surface area (Å²) in [4.78, 5) is 11.5. The first-order valence-corrected chi connectivity index (χ1v) is 9.92. The maximum atomic E-state index is 13.1. The molecule has 1 fully saturated rings. The highest BCUT2D eigenvalue weighted by atomic mass is 32.2. The van der Waals surface area contributed by atoms with Crippen LogP contribution in [0.4, 0.5) is 5.69 Å². The Kier molecular flexibility index (Phi) is 5.13. The van der Waals surface area contributed by atoms with Crippen LogP contribution in [0.3, 0.4) is 0 Å². The molecule has 1 saturated heterocycles. The number of benzene rings is 2. The Hall–Kier alpha value is -2.22. The van der Waals surface area contributed by atoms with Crippen LogP contribution in [0.5, 0.6) is 0 Å². The number of hydrogen-bond acceptors (Lipinski definition) is 4. The molecule has 7 heteroatoms. The number of nitrogens with two attached hydrogens (primary N) is 1. The molecule has 0 radical (unpaired) electrons. The number of sulfonamides is 1. The molecule has 0 unspecified atom stereocenters. The average molecular weight is 373 g/mol. The summed E-state index contributed by atoms with van der Waals surface area (Å²) in [6.45, 7) is 3.82. The quantitative estimate of drug-likeness (QED) is 0.858. The molecule has 3 rings (SSSR count). The van der Waals surface area contributed by atoms with Crippen molar-refractivity contribution in [1.82, 2.24) is 4.31 Å². The van der Waals surface area contributed by atoms with E-state index in [9.17, 15) is 13.2 Å². The minimum Gasteiger partial charge on any atom is -0.326 e. The highest BCUT2D eigenvalue weighted by Crippen LogP contribution is 2.31. The number of carbonyl (C=O) groups excluding carboxylic acids is 1. The van der Waals surface area contributed by atoms with Gasteiger partial charge in [-0.2, -0.15) is 4.31 Å². The van der Waals surface area contributed by atoms with Crippen molar-refractivity contribution in [1.29, 1.82) is 0 Å². The van der Waals surface area contributed by atoms with Crippen molar-refractivity contribution in [2.45, 2.75) is 30.7 Å². The van der Waals surface area contributed by atoms with Gasteiger partial charge in [-0.3, -0.25) is 4.79 Å². The van der Waals surface area contributed by atoms with Crippen LogP contribution in [0.1, 0.15) is 24.0 Å². The smallest absolute Gasteiger partial charge is 0.243 e.